The van der Waals surface area contributed by atoms with E-state index >= 15 is 0 Å². The predicted molar refractivity (Wildman–Crippen MR) is 70.4 cm³/mol. The van der Waals surface area contributed by atoms with Crippen LogP contribution in [0.5, 0.6) is 0 Å². The standard InChI is InChI=1S/C12H17BrN2O/c1-12(2)10(6-11(12)16)15-9-5-7(13)3-4-8(9)14/h3-5,10-11,15-16H,6,14H2,1-2H3. The fourth-order valence-corrected chi connectivity index (χ4v) is 2.35. The van der Waals surface area contributed by atoms with Crippen molar-refractivity contribution in [1.82, 2.24) is 0 Å². The molecule has 1 aliphatic carbocycles. The lowest BCUT2D eigenvalue weighted by Gasteiger charge is -2.50. The SMILES string of the molecule is CC1(C)C(O)CC1Nc1cc(Br)ccc1N. The van der Waals surface area contributed by atoms with E-state index in [4.69, 9.17) is 5.73 Å². The molecule has 88 valence electrons. The number of anilines is 2. The second-order valence-corrected chi connectivity index (χ2v) is 5.92. The van der Waals surface area contributed by atoms with Gasteiger partial charge in [-0.2, -0.15) is 0 Å². The van der Waals surface area contributed by atoms with Crippen LogP contribution in [0.4, 0.5) is 11.4 Å². The smallest absolute Gasteiger partial charge is 0.0630 e. The summed E-state index contributed by atoms with van der Waals surface area (Å²) in [4.78, 5) is 0. The Balaban J connectivity index is 2.13. The number of hydrogen-bond donors (Lipinski definition) is 3. The van der Waals surface area contributed by atoms with Crippen LogP contribution in [0.1, 0.15) is 20.3 Å². The third-order valence-electron chi connectivity index (χ3n) is 3.56. The molecule has 4 heteroatoms. The molecule has 3 nitrogen and oxygen atoms in total. The Labute approximate surface area is 104 Å². The Hall–Kier alpha value is -0.740. The quantitative estimate of drug-likeness (QED) is 0.732. The number of aliphatic hydroxyl groups excluding tert-OH is 1. The zero-order valence-corrected chi connectivity index (χ0v) is 11.1. The molecule has 1 aliphatic rings. The van der Waals surface area contributed by atoms with Crippen molar-refractivity contribution in [3.63, 3.8) is 0 Å². The highest BCUT2D eigenvalue weighted by molar-refractivity contribution is 9.10. The molecule has 1 aromatic carbocycles. The molecule has 0 aromatic heterocycles. The van der Waals surface area contributed by atoms with Crippen LogP contribution in [-0.4, -0.2) is 17.3 Å². The van der Waals surface area contributed by atoms with Crippen molar-refractivity contribution in [2.75, 3.05) is 11.1 Å². The molecule has 16 heavy (non-hydrogen) atoms. The third kappa shape index (κ3) is 1.92. The Morgan fingerprint density at radius 3 is 2.75 bits per heavy atom. The van der Waals surface area contributed by atoms with E-state index in [9.17, 15) is 5.11 Å². The van der Waals surface area contributed by atoms with E-state index in [1.807, 2.05) is 18.2 Å². The van der Waals surface area contributed by atoms with Crippen molar-refractivity contribution in [2.24, 2.45) is 5.41 Å². The minimum absolute atomic E-state index is 0.0885. The number of rotatable bonds is 2. The molecule has 0 spiro atoms. The lowest BCUT2D eigenvalue weighted by Crippen LogP contribution is -2.56. The first kappa shape index (κ1) is 11.7. The van der Waals surface area contributed by atoms with Crippen LogP contribution in [0.3, 0.4) is 0 Å². The molecule has 0 heterocycles. The monoisotopic (exact) mass is 284 g/mol. The molecule has 2 rings (SSSR count). The van der Waals surface area contributed by atoms with Gasteiger partial charge in [0, 0.05) is 15.9 Å². The molecule has 0 bridgehead atoms. The molecule has 0 saturated heterocycles. The Morgan fingerprint density at radius 2 is 2.19 bits per heavy atom. The minimum atomic E-state index is -0.224. The summed E-state index contributed by atoms with van der Waals surface area (Å²) in [6.07, 6.45) is 0.553. The lowest BCUT2D eigenvalue weighted by molar-refractivity contribution is -0.0510. The number of nitrogen functional groups attached to an aromatic ring is 1. The lowest BCUT2D eigenvalue weighted by atomic mass is 9.64. The van der Waals surface area contributed by atoms with Gasteiger partial charge in [0.2, 0.25) is 0 Å². The summed E-state index contributed by atoms with van der Waals surface area (Å²) in [5, 5.41) is 13.1. The first-order valence-corrected chi connectivity index (χ1v) is 6.20. The Bertz CT molecular complexity index is 406. The molecule has 1 saturated carbocycles. The van der Waals surface area contributed by atoms with E-state index in [1.165, 1.54) is 0 Å². The first-order chi connectivity index (χ1) is 7.41. The summed E-state index contributed by atoms with van der Waals surface area (Å²) < 4.78 is 1.00. The summed E-state index contributed by atoms with van der Waals surface area (Å²) >= 11 is 3.42. The molecule has 2 atom stereocenters. The van der Waals surface area contributed by atoms with Crippen LogP contribution in [0.15, 0.2) is 22.7 Å². The van der Waals surface area contributed by atoms with Crippen molar-refractivity contribution >= 4 is 27.3 Å². The minimum Gasteiger partial charge on any atom is -0.397 e. The van der Waals surface area contributed by atoms with Gasteiger partial charge in [-0.3, -0.25) is 0 Å². The van der Waals surface area contributed by atoms with Gasteiger partial charge in [0.05, 0.1) is 17.5 Å². The van der Waals surface area contributed by atoms with E-state index in [0.29, 0.717) is 0 Å². The second kappa shape index (κ2) is 3.93. The Morgan fingerprint density at radius 1 is 1.50 bits per heavy atom. The fourth-order valence-electron chi connectivity index (χ4n) is 1.99. The van der Waals surface area contributed by atoms with Gasteiger partial charge < -0.3 is 16.2 Å². The summed E-state index contributed by atoms with van der Waals surface area (Å²) in [5.74, 6) is 0. The number of nitrogens with two attached hydrogens (primary N) is 1. The highest BCUT2D eigenvalue weighted by Crippen LogP contribution is 2.43. The summed E-state index contributed by atoms with van der Waals surface area (Å²) in [6, 6.07) is 6.03. The summed E-state index contributed by atoms with van der Waals surface area (Å²) in [7, 11) is 0. The number of halogens is 1. The molecule has 1 fully saturated rings. The number of benzene rings is 1. The van der Waals surface area contributed by atoms with Crippen molar-refractivity contribution in [3.05, 3.63) is 22.7 Å². The largest absolute Gasteiger partial charge is 0.397 e. The van der Waals surface area contributed by atoms with Crippen LogP contribution in [-0.2, 0) is 0 Å². The second-order valence-electron chi connectivity index (χ2n) is 5.00. The van der Waals surface area contributed by atoms with Gasteiger partial charge in [-0.25, -0.2) is 0 Å². The van der Waals surface area contributed by atoms with Crippen molar-refractivity contribution in [3.8, 4) is 0 Å². The van der Waals surface area contributed by atoms with Crippen molar-refractivity contribution in [1.29, 1.82) is 0 Å². The van der Waals surface area contributed by atoms with Crippen molar-refractivity contribution in [2.45, 2.75) is 32.4 Å². The molecule has 0 radical (unpaired) electrons. The molecule has 0 aliphatic heterocycles. The third-order valence-corrected chi connectivity index (χ3v) is 4.05. The molecular weight excluding hydrogens is 268 g/mol. The normalized spacial score (nSPS) is 27.2. The van der Waals surface area contributed by atoms with Gasteiger partial charge in [0.1, 0.15) is 0 Å². The topological polar surface area (TPSA) is 58.3 Å². The molecule has 0 amide bonds. The van der Waals surface area contributed by atoms with Gasteiger partial charge in [-0.05, 0) is 24.6 Å². The highest BCUT2D eigenvalue weighted by atomic mass is 79.9. The van der Waals surface area contributed by atoms with E-state index in [-0.39, 0.29) is 17.6 Å². The first-order valence-electron chi connectivity index (χ1n) is 5.41. The van der Waals surface area contributed by atoms with E-state index in [0.717, 1.165) is 22.3 Å². The maximum atomic E-state index is 9.67. The van der Waals surface area contributed by atoms with Gasteiger partial charge in [0.25, 0.3) is 0 Å². The van der Waals surface area contributed by atoms with E-state index in [1.54, 1.807) is 0 Å². The number of hydrogen-bond acceptors (Lipinski definition) is 3. The maximum Gasteiger partial charge on any atom is 0.0630 e. The highest BCUT2D eigenvalue weighted by Gasteiger charge is 2.47. The van der Waals surface area contributed by atoms with Crippen LogP contribution in [0, 0.1) is 5.41 Å². The molecule has 2 unspecified atom stereocenters. The maximum absolute atomic E-state index is 9.67. The summed E-state index contributed by atoms with van der Waals surface area (Å²) in [6.45, 7) is 4.13. The van der Waals surface area contributed by atoms with Crippen molar-refractivity contribution < 1.29 is 5.11 Å². The number of aliphatic hydroxyl groups is 1. The van der Waals surface area contributed by atoms with Gasteiger partial charge >= 0.3 is 0 Å². The van der Waals surface area contributed by atoms with Gasteiger partial charge in [-0.15, -0.1) is 0 Å². The Kier molecular flexibility index (Phi) is 2.88. The summed E-state index contributed by atoms with van der Waals surface area (Å²) in [5.41, 5.74) is 7.47. The van der Waals surface area contributed by atoms with Gasteiger partial charge in [0.15, 0.2) is 0 Å². The molecule has 1 aromatic rings. The van der Waals surface area contributed by atoms with Gasteiger partial charge in [-0.1, -0.05) is 29.8 Å². The van der Waals surface area contributed by atoms with Crippen LogP contribution < -0.4 is 11.1 Å². The van der Waals surface area contributed by atoms with Crippen LogP contribution in [0.2, 0.25) is 0 Å². The molecule has 4 N–H and O–H groups in total. The zero-order chi connectivity index (χ0) is 11.9. The average Bonchev–Trinajstić information content (AvgIpc) is 2.23. The number of nitrogens with one attached hydrogen (secondary N) is 1. The zero-order valence-electron chi connectivity index (χ0n) is 9.50. The van der Waals surface area contributed by atoms with E-state index in [2.05, 4.69) is 35.1 Å². The van der Waals surface area contributed by atoms with Crippen LogP contribution >= 0.6 is 15.9 Å². The van der Waals surface area contributed by atoms with Crippen LogP contribution in [0.25, 0.3) is 0 Å². The predicted octanol–water partition coefficient (Wildman–Crippen LogP) is 2.60. The fraction of sp³-hybridized carbons (Fsp3) is 0.500. The average molecular weight is 285 g/mol. The molecular formula is C12H17BrN2O. The van der Waals surface area contributed by atoms with E-state index < -0.39 is 0 Å².